The van der Waals surface area contributed by atoms with Gasteiger partial charge >= 0.3 is 0 Å². The Balaban J connectivity index is 1.82. The lowest BCUT2D eigenvalue weighted by molar-refractivity contribution is 0.300. The second-order valence-corrected chi connectivity index (χ2v) is 5.31. The minimum atomic E-state index is -0.181. The molecule has 1 aromatic carbocycles. The zero-order valence-corrected chi connectivity index (χ0v) is 11.5. The number of hydrogen-bond donors (Lipinski definition) is 2. The minimum Gasteiger partial charge on any atom is -0.361 e. The lowest BCUT2D eigenvalue weighted by Gasteiger charge is -2.26. The Labute approximate surface area is 118 Å². The summed E-state index contributed by atoms with van der Waals surface area (Å²) < 4.78 is 13.4. The highest BCUT2D eigenvalue weighted by Crippen LogP contribution is 2.29. The standard InChI is InChI=1S/C16H20FN3/c17-13-2-3-16-14(10-13)15(11-19-16)12-4-8-20(9-5-12)7-1-6-18/h2-4,10-11,19H,1,5-9,18H2. The van der Waals surface area contributed by atoms with Gasteiger partial charge in [-0.25, -0.2) is 4.39 Å². The molecule has 0 spiro atoms. The van der Waals surface area contributed by atoms with Crippen molar-refractivity contribution in [3.05, 3.63) is 41.9 Å². The van der Waals surface area contributed by atoms with Gasteiger partial charge in [0.05, 0.1) is 0 Å². The Bertz CT molecular complexity index is 630. The van der Waals surface area contributed by atoms with Gasteiger partial charge in [-0.1, -0.05) is 6.08 Å². The van der Waals surface area contributed by atoms with Crippen LogP contribution in [0.4, 0.5) is 4.39 Å². The van der Waals surface area contributed by atoms with Crippen LogP contribution in [0.15, 0.2) is 30.5 Å². The fraction of sp³-hybridized carbons (Fsp3) is 0.375. The summed E-state index contributed by atoms with van der Waals surface area (Å²) in [4.78, 5) is 5.63. The molecule has 0 bridgehead atoms. The molecule has 3 nitrogen and oxygen atoms in total. The fourth-order valence-corrected chi connectivity index (χ4v) is 2.83. The number of aromatic amines is 1. The van der Waals surface area contributed by atoms with Crippen LogP contribution in [0.3, 0.4) is 0 Å². The Hall–Kier alpha value is -1.65. The molecule has 1 aliphatic heterocycles. The van der Waals surface area contributed by atoms with Crippen molar-refractivity contribution in [3.8, 4) is 0 Å². The van der Waals surface area contributed by atoms with Gasteiger partial charge in [-0.3, -0.25) is 4.90 Å². The van der Waals surface area contributed by atoms with Gasteiger partial charge in [0.15, 0.2) is 0 Å². The largest absolute Gasteiger partial charge is 0.361 e. The summed E-state index contributed by atoms with van der Waals surface area (Å²) in [6.45, 7) is 3.81. The monoisotopic (exact) mass is 273 g/mol. The summed E-state index contributed by atoms with van der Waals surface area (Å²) in [5, 5.41) is 0.978. The van der Waals surface area contributed by atoms with Crippen LogP contribution in [0, 0.1) is 5.82 Å². The highest BCUT2D eigenvalue weighted by molar-refractivity contribution is 5.92. The number of nitrogens with zero attached hydrogens (tertiary/aromatic N) is 1. The quantitative estimate of drug-likeness (QED) is 0.899. The zero-order valence-electron chi connectivity index (χ0n) is 11.5. The topological polar surface area (TPSA) is 45.0 Å². The summed E-state index contributed by atoms with van der Waals surface area (Å²) in [6, 6.07) is 4.90. The van der Waals surface area contributed by atoms with E-state index in [1.807, 2.05) is 6.20 Å². The van der Waals surface area contributed by atoms with E-state index in [1.54, 1.807) is 12.1 Å². The van der Waals surface area contributed by atoms with Gasteiger partial charge in [-0.15, -0.1) is 0 Å². The molecule has 0 aliphatic carbocycles. The van der Waals surface area contributed by atoms with E-state index in [4.69, 9.17) is 5.73 Å². The van der Waals surface area contributed by atoms with Crippen LogP contribution >= 0.6 is 0 Å². The molecule has 0 saturated carbocycles. The molecule has 3 rings (SSSR count). The molecule has 20 heavy (non-hydrogen) atoms. The summed E-state index contributed by atoms with van der Waals surface area (Å²) in [5.74, 6) is -0.181. The summed E-state index contributed by atoms with van der Waals surface area (Å²) in [6.07, 6.45) is 6.30. The van der Waals surface area contributed by atoms with Gasteiger partial charge < -0.3 is 10.7 Å². The first-order valence-corrected chi connectivity index (χ1v) is 7.16. The van der Waals surface area contributed by atoms with Crippen LogP contribution in [-0.4, -0.2) is 36.1 Å². The molecule has 0 amide bonds. The molecule has 1 aliphatic rings. The second-order valence-electron chi connectivity index (χ2n) is 5.31. The maximum absolute atomic E-state index is 13.4. The van der Waals surface area contributed by atoms with Crippen molar-refractivity contribution in [2.45, 2.75) is 12.8 Å². The van der Waals surface area contributed by atoms with Gasteiger partial charge in [0.2, 0.25) is 0 Å². The molecule has 0 saturated heterocycles. The maximum Gasteiger partial charge on any atom is 0.123 e. The van der Waals surface area contributed by atoms with Gasteiger partial charge in [-0.2, -0.15) is 0 Å². The van der Waals surface area contributed by atoms with E-state index in [0.29, 0.717) is 0 Å². The number of hydrogen-bond acceptors (Lipinski definition) is 2. The van der Waals surface area contributed by atoms with Crippen molar-refractivity contribution in [3.63, 3.8) is 0 Å². The van der Waals surface area contributed by atoms with E-state index in [0.717, 1.165) is 55.5 Å². The Morgan fingerprint density at radius 3 is 3.00 bits per heavy atom. The number of H-pyrrole nitrogens is 1. The third-order valence-electron chi connectivity index (χ3n) is 3.96. The molecule has 4 heteroatoms. The van der Waals surface area contributed by atoms with Gasteiger partial charge in [-0.05, 0) is 49.7 Å². The highest BCUT2D eigenvalue weighted by atomic mass is 19.1. The molecule has 3 N–H and O–H groups in total. The molecular weight excluding hydrogens is 253 g/mol. The fourth-order valence-electron chi connectivity index (χ4n) is 2.83. The van der Waals surface area contributed by atoms with E-state index in [9.17, 15) is 4.39 Å². The van der Waals surface area contributed by atoms with Crippen LogP contribution in [0.2, 0.25) is 0 Å². The number of nitrogens with two attached hydrogens (primary N) is 1. The van der Waals surface area contributed by atoms with Crippen LogP contribution in [0.1, 0.15) is 18.4 Å². The SMILES string of the molecule is NCCCN1CC=C(c2c[nH]c3ccc(F)cc23)CC1. The van der Waals surface area contributed by atoms with Crippen molar-refractivity contribution in [2.75, 3.05) is 26.2 Å². The average Bonchev–Trinajstić information content (AvgIpc) is 2.88. The van der Waals surface area contributed by atoms with Crippen molar-refractivity contribution in [1.82, 2.24) is 9.88 Å². The van der Waals surface area contributed by atoms with Crippen LogP contribution in [0.25, 0.3) is 16.5 Å². The number of benzene rings is 1. The first-order valence-electron chi connectivity index (χ1n) is 7.16. The lowest BCUT2D eigenvalue weighted by Crippen LogP contribution is -2.30. The Morgan fingerprint density at radius 2 is 2.25 bits per heavy atom. The van der Waals surface area contributed by atoms with Crippen LogP contribution in [-0.2, 0) is 0 Å². The van der Waals surface area contributed by atoms with Crippen molar-refractivity contribution >= 4 is 16.5 Å². The van der Waals surface area contributed by atoms with E-state index >= 15 is 0 Å². The van der Waals surface area contributed by atoms with E-state index in [2.05, 4.69) is 16.0 Å². The predicted octanol–water partition coefficient (Wildman–Crippen LogP) is 2.74. The second kappa shape index (κ2) is 5.77. The minimum absolute atomic E-state index is 0.181. The van der Waals surface area contributed by atoms with Crippen molar-refractivity contribution in [2.24, 2.45) is 5.73 Å². The summed E-state index contributed by atoms with van der Waals surface area (Å²) in [7, 11) is 0. The lowest BCUT2D eigenvalue weighted by atomic mass is 9.99. The zero-order chi connectivity index (χ0) is 13.9. The van der Waals surface area contributed by atoms with Crippen LogP contribution < -0.4 is 5.73 Å². The number of nitrogens with one attached hydrogen (secondary N) is 1. The number of halogens is 1. The molecule has 2 heterocycles. The van der Waals surface area contributed by atoms with Gasteiger partial charge in [0.1, 0.15) is 5.82 Å². The maximum atomic E-state index is 13.4. The summed E-state index contributed by atoms with van der Waals surface area (Å²) >= 11 is 0. The first kappa shape index (κ1) is 13.3. The molecular formula is C16H20FN3. The molecule has 1 aromatic heterocycles. The van der Waals surface area contributed by atoms with E-state index in [-0.39, 0.29) is 5.82 Å². The van der Waals surface area contributed by atoms with Crippen LogP contribution in [0.5, 0.6) is 0 Å². The summed E-state index contributed by atoms with van der Waals surface area (Å²) in [5.41, 5.74) is 8.99. The van der Waals surface area contributed by atoms with Gasteiger partial charge in [0, 0.05) is 35.8 Å². The average molecular weight is 273 g/mol. The number of aromatic nitrogens is 1. The molecule has 0 atom stereocenters. The highest BCUT2D eigenvalue weighted by Gasteiger charge is 2.15. The number of fused-ring (bicyclic) bond motifs is 1. The predicted molar refractivity (Wildman–Crippen MR) is 81.0 cm³/mol. The third-order valence-corrected chi connectivity index (χ3v) is 3.96. The smallest absolute Gasteiger partial charge is 0.123 e. The molecule has 2 aromatic rings. The molecule has 0 radical (unpaired) electrons. The van der Waals surface area contributed by atoms with E-state index in [1.165, 1.54) is 11.6 Å². The molecule has 0 fully saturated rings. The molecule has 0 unspecified atom stereocenters. The Morgan fingerprint density at radius 1 is 1.35 bits per heavy atom. The molecule has 106 valence electrons. The normalized spacial score (nSPS) is 16.6. The Kier molecular flexibility index (Phi) is 3.85. The van der Waals surface area contributed by atoms with Gasteiger partial charge in [0.25, 0.3) is 0 Å². The first-order chi connectivity index (χ1) is 9.78. The van der Waals surface area contributed by atoms with Crippen molar-refractivity contribution < 1.29 is 4.39 Å². The third kappa shape index (κ3) is 2.62. The van der Waals surface area contributed by atoms with Crippen molar-refractivity contribution in [1.29, 1.82) is 0 Å². The van der Waals surface area contributed by atoms with E-state index < -0.39 is 0 Å². The number of rotatable bonds is 4.